The molecule has 0 aliphatic carbocycles. The molecule has 0 fully saturated rings. The molecule has 1 aromatic carbocycles. The molecule has 0 spiro atoms. The zero-order valence-corrected chi connectivity index (χ0v) is 19.2. The SMILES string of the molecule is CCOC(=O)CN(Cc1nc(-c2ccc(C(F)(F)F)cc2)sc1C(=O)O)C(=O)OC(C)(C)C. The Balaban J connectivity index is 2.39. The first-order valence-electron chi connectivity index (χ1n) is 9.75. The second-order valence-electron chi connectivity index (χ2n) is 7.82. The lowest BCUT2D eigenvalue weighted by Gasteiger charge is -2.26. The molecule has 8 nitrogen and oxygen atoms in total. The Kier molecular flexibility index (Phi) is 8.06. The molecule has 0 aliphatic heterocycles. The number of carbonyl (C=O) groups excluding carboxylic acids is 2. The molecule has 180 valence electrons. The van der Waals surface area contributed by atoms with E-state index in [4.69, 9.17) is 9.47 Å². The van der Waals surface area contributed by atoms with Gasteiger partial charge in [-0.1, -0.05) is 12.1 Å². The number of aromatic carboxylic acids is 1. The van der Waals surface area contributed by atoms with Crippen LogP contribution in [0.2, 0.25) is 0 Å². The maximum atomic E-state index is 12.8. The minimum absolute atomic E-state index is 0.0439. The van der Waals surface area contributed by atoms with E-state index in [9.17, 15) is 32.7 Å². The number of rotatable bonds is 7. The van der Waals surface area contributed by atoms with Gasteiger partial charge in [-0.05, 0) is 39.8 Å². The fourth-order valence-electron chi connectivity index (χ4n) is 2.61. The summed E-state index contributed by atoms with van der Waals surface area (Å²) in [6.07, 6.45) is -5.39. The number of esters is 1. The molecule has 2 aromatic rings. The van der Waals surface area contributed by atoms with E-state index in [2.05, 4.69) is 4.98 Å². The molecule has 33 heavy (non-hydrogen) atoms. The maximum absolute atomic E-state index is 12.8. The van der Waals surface area contributed by atoms with E-state index >= 15 is 0 Å². The molecular formula is C21H23F3N2O6S. The van der Waals surface area contributed by atoms with Crippen molar-refractivity contribution in [2.45, 2.75) is 46.0 Å². The largest absolute Gasteiger partial charge is 0.477 e. The van der Waals surface area contributed by atoms with Crippen LogP contribution in [-0.2, 0) is 27.0 Å². The van der Waals surface area contributed by atoms with Crippen LogP contribution in [0.15, 0.2) is 24.3 Å². The summed E-state index contributed by atoms with van der Waals surface area (Å²) in [5.74, 6) is -2.06. The van der Waals surface area contributed by atoms with Gasteiger partial charge in [0.25, 0.3) is 0 Å². The predicted molar refractivity (Wildman–Crippen MR) is 113 cm³/mol. The van der Waals surface area contributed by atoms with Crippen molar-refractivity contribution in [3.8, 4) is 10.6 Å². The fourth-order valence-corrected chi connectivity index (χ4v) is 3.52. The van der Waals surface area contributed by atoms with Crippen molar-refractivity contribution in [3.05, 3.63) is 40.4 Å². The average Bonchev–Trinajstić information content (AvgIpc) is 3.10. The third kappa shape index (κ3) is 7.45. The monoisotopic (exact) mass is 488 g/mol. The Bertz CT molecular complexity index is 1010. The van der Waals surface area contributed by atoms with E-state index in [0.29, 0.717) is 0 Å². The van der Waals surface area contributed by atoms with Crippen LogP contribution in [0.3, 0.4) is 0 Å². The number of hydrogen-bond donors (Lipinski definition) is 1. The number of nitrogens with zero attached hydrogens (tertiary/aromatic N) is 2. The van der Waals surface area contributed by atoms with Crippen molar-refractivity contribution in [2.24, 2.45) is 0 Å². The summed E-state index contributed by atoms with van der Waals surface area (Å²) in [4.78, 5) is 41.3. The van der Waals surface area contributed by atoms with E-state index in [-0.39, 0.29) is 34.3 Å². The molecule has 0 unspecified atom stereocenters. The van der Waals surface area contributed by atoms with E-state index in [1.165, 1.54) is 12.1 Å². The number of thiazole rings is 1. The van der Waals surface area contributed by atoms with Gasteiger partial charge in [0.2, 0.25) is 0 Å². The first-order chi connectivity index (χ1) is 15.2. The van der Waals surface area contributed by atoms with Gasteiger partial charge in [0.1, 0.15) is 22.0 Å². The molecule has 1 amide bonds. The number of carbonyl (C=O) groups is 3. The van der Waals surface area contributed by atoms with Crippen LogP contribution >= 0.6 is 11.3 Å². The van der Waals surface area contributed by atoms with Gasteiger partial charge in [0.05, 0.1) is 24.4 Å². The molecule has 12 heteroatoms. The van der Waals surface area contributed by atoms with E-state index in [1.807, 2.05) is 0 Å². The summed E-state index contributed by atoms with van der Waals surface area (Å²) in [5, 5.41) is 9.73. The van der Waals surface area contributed by atoms with Gasteiger partial charge in [-0.15, -0.1) is 11.3 Å². The third-order valence-corrected chi connectivity index (χ3v) is 5.10. The van der Waals surface area contributed by atoms with E-state index in [0.717, 1.165) is 28.4 Å². The molecule has 0 saturated heterocycles. The topological polar surface area (TPSA) is 106 Å². The van der Waals surface area contributed by atoms with E-state index in [1.54, 1.807) is 27.7 Å². The summed E-state index contributed by atoms with van der Waals surface area (Å²) in [6, 6.07) is 4.10. The lowest BCUT2D eigenvalue weighted by molar-refractivity contribution is -0.144. The first-order valence-corrected chi connectivity index (χ1v) is 10.6. The highest BCUT2D eigenvalue weighted by Gasteiger charge is 2.31. The molecule has 2 rings (SSSR count). The van der Waals surface area contributed by atoms with Gasteiger partial charge in [-0.25, -0.2) is 14.6 Å². The van der Waals surface area contributed by atoms with Crippen LogP contribution in [0.5, 0.6) is 0 Å². The Hall–Kier alpha value is -3.15. The van der Waals surface area contributed by atoms with Gasteiger partial charge in [0.15, 0.2) is 0 Å². The standard InChI is InChI=1S/C21H23F3N2O6S/c1-5-31-15(27)11-26(19(30)32-20(2,3)4)10-14-16(18(28)29)33-17(25-14)12-6-8-13(9-7-12)21(22,23)24/h6-9H,5,10-11H2,1-4H3,(H,28,29). The Morgan fingerprint density at radius 3 is 2.21 bits per heavy atom. The number of alkyl halides is 3. The van der Waals surface area contributed by atoms with E-state index < -0.39 is 41.9 Å². The van der Waals surface area contributed by atoms with Crippen molar-refractivity contribution in [3.63, 3.8) is 0 Å². The lowest BCUT2D eigenvalue weighted by atomic mass is 10.1. The van der Waals surface area contributed by atoms with Crippen LogP contribution in [0.25, 0.3) is 10.6 Å². The van der Waals surface area contributed by atoms with Crippen LogP contribution in [0, 0.1) is 0 Å². The molecule has 0 aliphatic rings. The molecule has 1 heterocycles. The number of amides is 1. The van der Waals surface area contributed by atoms with Crippen LogP contribution in [0.4, 0.5) is 18.0 Å². The van der Waals surface area contributed by atoms with Crippen molar-refractivity contribution >= 4 is 29.4 Å². The smallest absolute Gasteiger partial charge is 0.416 e. The summed E-state index contributed by atoms with van der Waals surface area (Å²) < 4.78 is 48.6. The van der Waals surface area contributed by atoms with Gasteiger partial charge < -0.3 is 14.6 Å². The summed E-state index contributed by atoms with van der Waals surface area (Å²) in [5.41, 5.74) is -1.51. The summed E-state index contributed by atoms with van der Waals surface area (Å²) in [6.45, 7) is 5.66. The fraction of sp³-hybridized carbons (Fsp3) is 0.429. The number of hydrogen-bond acceptors (Lipinski definition) is 7. The third-order valence-electron chi connectivity index (χ3n) is 3.97. The molecule has 0 bridgehead atoms. The summed E-state index contributed by atoms with van der Waals surface area (Å²) >= 11 is 0.743. The molecular weight excluding hydrogens is 465 g/mol. The second kappa shape index (κ2) is 10.2. The quantitative estimate of drug-likeness (QED) is 0.557. The van der Waals surface area contributed by atoms with Crippen molar-refractivity contribution in [2.75, 3.05) is 13.2 Å². The number of aromatic nitrogens is 1. The molecule has 1 aromatic heterocycles. The maximum Gasteiger partial charge on any atom is 0.416 e. The van der Waals surface area contributed by atoms with Crippen LogP contribution in [0.1, 0.15) is 48.6 Å². The Morgan fingerprint density at radius 1 is 1.12 bits per heavy atom. The highest BCUT2D eigenvalue weighted by atomic mass is 32.1. The highest BCUT2D eigenvalue weighted by molar-refractivity contribution is 7.17. The van der Waals surface area contributed by atoms with Crippen molar-refractivity contribution in [1.82, 2.24) is 9.88 Å². The highest BCUT2D eigenvalue weighted by Crippen LogP contribution is 2.33. The second-order valence-corrected chi connectivity index (χ2v) is 8.82. The Morgan fingerprint density at radius 2 is 1.73 bits per heavy atom. The number of ether oxygens (including phenoxy) is 2. The number of halogens is 3. The zero-order valence-electron chi connectivity index (χ0n) is 18.4. The van der Waals surface area contributed by atoms with Crippen molar-refractivity contribution < 1.29 is 42.1 Å². The van der Waals surface area contributed by atoms with Gasteiger partial charge in [-0.2, -0.15) is 13.2 Å². The zero-order chi connectivity index (χ0) is 25.0. The molecule has 1 N–H and O–H groups in total. The molecule has 0 saturated carbocycles. The Labute approximate surface area is 191 Å². The minimum Gasteiger partial charge on any atom is -0.477 e. The van der Waals surface area contributed by atoms with Gasteiger partial charge in [0, 0.05) is 5.56 Å². The number of carboxylic acid groups (broad SMARTS) is 1. The lowest BCUT2D eigenvalue weighted by Crippen LogP contribution is -2.40. The summed E-state index contributed by atoms with van der Waals surface area (Å²) in [7, 11) is 0. The number of carboxylic acids is 1. The normalized spacial score (nSPS) is 11.7. The predicted octanol–water partition coefficient (Wildman–Crippen LogP) is 4.83. The molecule has 0 atom stereocenters. The minimum atomic E-state index is -4.51. The molecule has 0 radical (unpaired) electrons. The first kappa shape index (κ1) is 26.1. The van der Waals surface area contributed by atoms with Crippen molar-refractivity contribution in [1.29, 1.82) is 0 Å². The van der Waals surface area contributed by atoms with Crippen LogP contribution < -0.4 is 0 Å². The van der Waals surface area contributed by atoms with Gasteiger partial charge in [-0.3, -0.25) is 9.69 Å². The number of benzene rings is 1. The van der Waals surface area contributed by atoms with Crippen LogP contribution in [-0.4, -0.2) is 51.8 Å². The average molecular weight is 488 g/mol. The van der Waals surface area contributed by atoms with Gasteiger partial charge >= 0.3 is 24.2 Å².